The van der Waals surface area contributed by atoms with Crippen molar-refractivity contribution in [2.75, 3.05) is 21.3 Å². The molecule has 1 aliphatic carbocycles. The number of benzene rings is 2. The van der Waals surface area contributed by atoms with Gasteiger partial charge in [0, 0.05) is 36.3 Å². The number of ether oxygens (including phenoxy) is 4. The molecule has 0 saturated heterocycles. The van der Waals surface area contributed by atoms with Crippen molar-refractivity contribution in [1.29, 1.82) is 0 Å². The van der Waals surface area contributed by atoms with Gasteiger partial charge in [0.05, 0.1) is 27.9 Å². The summed E-state index contributed by atoms with van der Waals surface area (Å²) < 4.78 is 27.3. The lowest BCUT2D eigenvalue weighted by Gasteiger charge is -2.38. The first kappa shape index (κ1) is 30.7. The van der Waals surface area contributed by atoms with E-state index >= 15 is 0 Å². The molecule has 3 N–H and O–H groups in total. The second kappa shape index (κ2) is 11.7. The van der Waals surface area contributed by atoms with Crippen LogP contribution in [0.25, 0.3) is 0 Å². The minimum atomic E-state index is -2.05. The molecule has 5 rings (SSSR count). The number of phenols is 1. The summed E-state index contributed by atoms with van der Waals surface area (Å²) in [4.78, 5) is 45.2. The molecule has 0 saturated carbocycles. The van der Waals surface area contributed by atoms with E-state index in [4.69, 9.17) is 35.1 Å². The second-order valence-corrected chi connectivity index (χ2v) is 10.8. The Balaban J connectivity index is 1.63. The first-order chi connectivity index (χ1) is 21.0. The summed E-state index contributed by atoms with van der Waals surface area (Å²) in [6, 6.07) is 5.71. The molecule has 1 aliphatic heterocycles. The number of aliphatic hydroxyl groups excluding tert-OH is 1. The number of nitrogens with zero attached hydrogens (tertiary/aromatic N) is 2. The number of rotatable bonds is 9. The predicted molar refractivity (Wildman–Crippen MR) is 154 cm³/mol. The molecule has 1 aromatic heterocycles. The largest absolute Gasteiger partial charge is 0.507 e. The van der Waals surface area contributed by atoms with Gasteiger partial charge in [0.1, 0.15) is 22.1 Å². The highest BCUT2D eigenvalue weighted by atomic mass is 35.5. The number of methoxy groups -OCH3 is 3. The number of amides is 1. The van der Waals surface area contributed by atoms with Crippen LogP contribution in [-0.2, 0) is 16.1 Å². The smallest absolute Gasteiger partial charge is 0.246 e. The molecule has 44 heavy (non-hydrogen) atoms. The van der Waals surface area contributed by atoms with Crippen LogP contribution in [0.15, 0.2) is 40.1 Å². The van der Waals surface area contributed by atoms with E-state index in [2.05, 4.69) is 15.5 Å². The Kier molecular flexibility index (Phi) is 8.17. The SMILES string of the molecule is COc1cc(C(CC(=O)NCc2nc(C)no2)C2=C(O)C3(Oc4c(Cl)c(OC)cc(OC)c4C3=O)C(C)CC2=O)ccc1O. The third kappa shape index (κ3) is 4.96. The maximum atomic E-state index is 14.2. The second-order valence-electron chi connectivity index (χ2n) is 10.5. The van der Waals surface area contributed by atoms with Gasteiger partial charge in [-0.05, 0) is 24.6 Å². The number of Topliss-reactive ketones (excluding diaryl/α,β-unsaturated/α-hetero) is 2. The summed E-state index contributed by atoms with van der Waals surface area (Å²) >= 11 is 6.54. The molecule has 0 fully saturated rings. The Hall–Kier alpha value is -4.78. The van der Waals surface area contributed by atoms with Gasteiger partial charge < -0.3 is 39.0 Å². The summed E-state index contributed by atoms with van der Waals surface area (Å²) in [6.07, 6.45) is -0.555. The molecule has 1 spiro atoms. The predicted octanol–water partition coefficient (Wildman–Crippen LogP) is 3.99. The molecule has 3 aromatic rings. The molecule has 3 unspecified atom stereocenters. The fraction of sp³-hybridized carbons (Fsp3) is 0.367. The maximum absolute atomic E-state index is 14.2. The van der Waals surface area contributed by atoms with Crippen molar-refractivity contribution in [1.82, 2.24) is 15.5 Å². The number of aromatic hydroxyl groups is 1. The van der Waals surface area contributed by atoms with Crippen LogP contribution in [0, 0.1) is 12.8 Å². The number of nitrogens with one attached hydrogen (secondary N) is 1. The summed E-state index contributed by atoms with van der Waals surface area (Å²) in [6.45, 7) is 3.15. The van der Waals surface area contributed by atoms with Crippen LogP contribution in [-0.4, -0.2) is 64.8 Å². The lowest BCUT2D eigenvalue weighted by Crippen LogP contribution is -2.53. The van der Waals surface area contributed by atoms with Crippen LogP contribution in [0.3, 0.4) is 0 Å². The Morgan fingerprint density at radius 1 is 1.14 bits per heavy atom. The fourth-order valence-electron chi connectivity index (χ4n) is 5.68. The van der Waals surface area contributed by atoms with Gasteiger partial charge in [-0.15, -0.1) is 0 Å². The van der Waals surface area contributed by atoms with Gasteiger partial charge in [0.15, 0.2) is 34.6 Å². The van der Waals surface area contributed by atoms with Crippen LogP contribution in [0.2, 0.25) is 5.02 Å². The lowest BCUT2D eigenvalue weighted by molar-refractivity contribution is -0.122. The maximum Gasteiger partial charge on any atom is 0.246 e. The quantitative estimate of drug-likeness (QED) is 0.311. The molecule has 2 heterocycles. The zero-order chi connectivity index (χ0) is 31.9. The molecule has 3 atom stereocenters. The third-order valence-electron chi connectivity index (χ3n) is 7.86. The molecule has 13 nitrogen and oxygen atoms in total. The van der Waals surface area contributed by atoms with E-state index in [1.54, 1.807) is 13.8 Å². The van der Waals surface area contributed by atoms with Crippen LogP contribution in [0.5, 0.6) is 28.7 Å². The minimum absolute atomic E-state index is 0.0116. The first-order valence-corrected chi connectivity index (χ1v) is 13.9. The van der Waals surface area contributed by atoms with Gasteiger partial charge in [-0.2, -0.15) is 4.98 Å². The van der Waals surface area contributed by atoms with E-state index in [1.807, 2.05) is 0 Å². The zero-order valence-electron chi connectivity index (χ0n) is 24.5. The van der Waals surface area contributed by atoms with Crippen molar-refractivity contribution in [3.05, 3.63) is 63.5 Å². The summed E-state index contributed by atoms with van der Waals surface area (Å²) in [5.74, 6) is -3.60. The normalized spacial score (nSPS) is 19.9. The number of hydrogen-bond donors (Lipinski definition) is 3. The average Bonchev–Trinajstić information content (AvgIpc) is 3.56. The fourth-order valence-corrected chi connectivity index (χ4v) is 5.94. The highest BCUT2D eigenvalue weighted by Crippen LogP contribution is 2.56. The molecule has 2 aliphatic rings. The highest BCUT2D eigenvalue weighted by Gasteiger charge is 2.61. The molecule has 1 amide bonds. The van der Waals surface area contributed by atoms with Crippen LogP contribution in [0.4, 0.5) is 0 Å². The summed E-state index contributed by atoms with van der Waals surface area (Å²) in [5.41, 5.74) is -1.92. The van der Waals surface area contributed by atoms with Gasteiger partial charge in [-0.1, -0.05) is 29.7 Å². The number of aliphatic hydroxyl groups is 1. The van der Waals surface area contributed by atoms with Gasteiger partial charge >= 0.3 is 0 Å². The number of aryl methyl sites for hydroxylation is 1. The molecular formula is C30H30ClN3O10. The molecule has 232 valence electrons. The van der Waals surface area contributed by atoms with Crippen LogP contribution < -0.4 is 24.3 Å². The number of carbonyl (C=O) groups excluding carboxylic acids is 3. The van der Waals surface area contributed by atoms with Crippen LogP contribution in [0.1, 0.15) is 53.3 Å². The standard InChI is InChI=1S/C30H30ClN3O10/c1-13-8-18(36)24(28(38)30(13)29(39)25-20(41-4)11-21(42-5)26(31)27(25)43-30)16(15-6-7-17(35)19(9-15)40-3)10-22(37)32-12-23-33-14(2)34-44-23/h6-7,9,11,13,16,35,38H,8,10,12H2,1-5H3,(H,32,37). The monoisotopic (exact) mass is 627 g/mol. The Bertz CT molecular complexity index is 1700. The van der Waals surface area contributed by atoms with Gasteiger partial charge in [-0.25, -0.2) is 0 Å². The molecule has 0 bridgehead atoms. The molecule has 2 aromatic carbocycles. The van der Waals surface area contributed by atoms with E-state index in [0.717, 1.165) is 0 Å². The number of allylic oxidation sites excluding steroid dienone is 1. The van der Waals surface area contributed by atoms with Gasteiger partial charge in [0.25, 0.3) is 0 Å². The van der Waals surface area contributed by atoms with Crippen molar-refractivity contribution in [3.8, 4) is 28.7 Å². The van der Waals surface area contributed by atoms with Gasteiger partial charge in [0.2, 0.25) is 23.2 Å². The number of halogens is 1. The van der Waals surface area contributed by atoms with Crippen molar-refractivity contribution >= 4 is 29.1 Å². The van der Waals surface area contributed by atoms with E-state index < -0.39 is 40.7 Å². The molecular weight excluding hydrogens is 598 g/mol. The average molecular weight is 628 g/mol. The minimum Gasteiger partial charge on any atom is -0.507 e. The van der Waals surface area contributed by atoms with Crippen molar-refractivity contribution in [3.63, 3.8) is 0 Å². The first-order valence-electron chi connectivity index (χ1n) is 13.5. The lowest BCUT2D eigenvalue weighted by atomic mass is 9.69. The number of fused-ring (bicyclic) bond motifs is 1. The highest BCUT2D eigenvalue weighted by molar-refractivity contribution is 6.35. The number of hydrogen-bond acceptors (Lipinski definition) is 12. The van der Waals surface area contributed by atoms with Crippen molar-refractivity contribution in [2.45, 2.75) is 44.8 Å². The summed E-state index contributed by atoms with van der Waals surface area (Å²) in [5, 5.41) is 28.6. The number of phenolic OH excluding ortho intramolecular Hbond substituents is 1. The van der Waals surface area contributed by atoms with Gasteiger partial charge in [-0.3, -0.25) is 14.4 Å². The number of carbonyl (C=O) groups is 3. The summed E-state index contributed by atoms with van der Waals surface area (Å²) in [7, 11) is 4.09. The molecule has 0 radical (unpaired) electrons. The third-order valence-corrected chi connectivity index (χ3v) is 8.22. The van der Waals surface area contributed by atoms with Crippen LogP contribution >= 0.6 is 11.6 Å². The Labute approximate surface area is 256 Å². The zero-order valence-corrected chi connectivity index (χ0v) is 25.3. The number of aromatic nitrogens is 2. The number of ketones is 2. The van der Waals surface area contributed by atoms with Crippen molar-refractivity contribution in [2.24, 2.45) is 5.92 Å². The Morgan fingerprint density at radius 3 is 2.48 bits per heavy atom. The van der Waals surface area contributed by atoms with E-state index in [0.29, 0.717) is 11.4 Å². The van der Waals surface area contributed by atoms with E-state index in [-0.39, 0.29) is 70.2 Å². The van der Waals surface area contributed by atoms with Crippen molar-refractivity contribution < 1.29 is 48.1 Å². The Morgan fingerprint density at radius 2 is 1.84 bits per heavy atom. The topological polar surface area (TPSA) is 180 Å². The van der Waals surface area contributed by atoms with E-state index in [1.165, 1.54) is 45.6 Å². The molecule has 14 heteroatoms. The van der Waals surface area contributed by atoms with E-state index in [9.17, 15) is 24.6 Å².